The monoisotopic (exact) mass is 400 g/mol. The van der Waals surface area contributed by atoms with Crippen molar-refractivity contribution in [2.24, 2.45) is 0 Å². The number of rotatable bonds is 0. The van der Waals surface area contributed by atoms with E-state index in [9.17, 15) is 0 Å². The normalized spacial score (nSPS) is 25.6. The summed E-state index contributed by atoms with van der Waals surface area (Å²) in [7, 11) is 10.8. The molecule has 7 nitrogen and oxygen atoms in total. The van der Waals surface area contributed by atoms with Gasteiger partial charge in [-0.3, -0.25) is 0 Å². The number of nitrogens with one attached hydrogen (secondary N) is 1. The van der Waals surface area contributed by atoms with Gasteiger partial charge in [-0.1, -0.05) is 0 Å². The van der Waals surface area contributed by atoms with Crippen molar-refractivity contribution in [3.8, 4) is 0 Å². The molecule has 0 amide bonds. The minimum atomic E-state index is 0.913. The molecule has 0 aromatic rings. The lowest BCUT2D eigenvalue weighted by molar-refractivity contribution is 0.0503. The van der Waals surface area contributed by atoms with Crippen molar-refractivity contribution in [2.45, 2.75) is 12.8 Å². The summed E-state index contributed by atoms with van der Waals surface area (Å²) in [6, 6.07) is 0. The second-order valence-electron chi connectivity index (χ2n) is 8.59. The summed E-state index contributed by atoms with van der Waals surface area (Å²) in [5.74, 6) is 0. The number of ether oxygens (including phenoxy) is 1. The van der Waals surface area contributed by atoms with Crippen molar-refractivity contribution >= 4 is 0 Å². The third-order valence-corrected chi connectivity index (χ3v) is 5.63. The van der Waals surface area contributed by atoms with E-state index in [0.717, 1.165) is 39.4 Å². The van der Waals surface area contributed by atoms with E-state index < -0.39 is 0 Å². The van der Waals surface area contributed by atoms with Gasteiger partial charge in [-0.15, -0.1) is 0 Å². The first-order valence-electron chi connectivity index (χ1n) is 11.2. The molecule has 1 N–H and O–H groups in total. The SMILES string of the molecule is CN1CCCC1.CN1CCN(C)CC1.CN1CCNCC1.CN1CCOCC1. The fourth-order valence-corrected chi connectivity index (χ4v) is 3.21. The molecule has 0 spiro atoms. The second-order valence-corrected chi connectivity index (χ2v) is 8.59. The zero-order valence-electron chi connectivity index (χ0n) is 19.5. The molecule has 7 heteroatoms. The third-order valence-electron chi connectivity index (χ3n) is 5.63. The predicted molar refractivity (Wildman–Crippen MR) is 120 cm³/mol. The highest BCUT2D eigenvalue weighted by Gasteiger charge is 2.08. The molecule has 0 saturated carbocycles. The van der Waals surface area contributed by atoms with Gasteiger partial charge in [-0.2, -0.15) is 0 Å². The smallest absolute Gasteiger partial charge is 0.0594 e. The lowest BCUT2D eigenvalue weighted by Crippen LogP contribution is -2.42. The molecule has 0 aliphatic carbocycles. The van der Waals surface area contributed by atoms with Crippen LogP contribution in [0.4, 0.5) is 0 Å². The van der Waals surface area contributed by atoms with Crippen LogP contribution in [0.1, 0.15) is 12.8 Å². The Balaban J connectivity index is 0.000000188. The Morgan fingerprint density at radius 2 is 0.821 bits per heavy atom. The maximum Gasteiger partial charge on any atom is 0.0594 e. The minimum Gasteiger partial charge on any atom is -0.379 e. The van der Waals surface area contributed by atoms with E-state index in [4.69, 9.17) is 4.74 Å². The molecular weight excluding hydrogens is 352 g/mol. The van der Waals surface area contributed by atoms with E-state index in [1.165, 1.54) is 65.2 Å². The Bertz CT molecular complexity index is 308. The van der Waals surface area contributed by atoms with Crippen molar-refractivity contribution < 1.29 is 4.74 Å². The number of likely N-dealkylation sites (N-methyl/N-ethyl adjacent to an activating group) is 4. The molecule has 4 heterocycles. The van der Waals surface area contributed by atoms with Gasteiger partial charge in [-0.05, 0) is 61.2 Å². The number of piperazine rings is 2. The van der Waals surface area contributed by atoms with E-state index in [1.54, 1.807) is 0 Å². The summed E-state index contributed by atoms with van der Waals surface area (Å²) in [5.41, 5.74) is 0. The Hall–Kier alpha value is -0.280. The fourth-order valence-electron chi connectivity index (χ4n) is 3.21. The number of likely N-dealkylation sites (tertiary alicyclic amines) is 1. The first-order chi connectivity index (χ1) is 13.5. The topological polar surface area (TPSA) is 37.5 Å². The molecule has 0 aromatic heterocycles. The number of nitrogens with zero attached hydrogens (tertiary/aromatic N) is 5. The second kappa shape index (κ2) is 16.5. The zero-order chi connectivity index (χ0) is 20.6. The van der Waals surface area contributed by atoms with Crippen molar-refractivity contribution in [1.82, 2.24) is 29.8 Å². The maximum atomic E-state index is 5.10. The molecule has 28 heavy (non-hydrogen) atoms. The summed E-state index contributed by atoms with van der Waals surface area (Å²) in [5, 5.41) is 3.27. The lowest BCUT2D eigenvalue weighted by atomic mass is 10.4. The average molecular weight is 401 g/mol. The fraction of sp³-hybridized carbons (Fsp3) is 1.00. The van der Waals surface area contributed by atoms with Gasteiger partial charge in [-0.25, -0.2) is 0 Å². The van der Waals surface area contributed by atoms with Gasteiger partial charge in [0.2, 0.25) is 0 Å². The van der Waals surface area contributed by atoms with Gasteiger partial charge < -0.3 is 34.6 Å². The molecule has 4 rings (SSSR count). The van der Waals surface area contributed by atoms with Crippen LogP contribution in [0.2, 0.25) is 0 Å². The van der Waals surface area contributed by atoms with Crippen LogP contribution < -0.4 is 5.32 Å². The van der Waals surface area contributed by atoms with E-state index in [-0.39, 0.29) is 0 Å². The van der Waals surface area contributed by atoms with E-state index in [0.29, 0.717) is 0 Å². The molecule has 4 aliphatic rings. The average Bonchev–Trinajstić information content (AvgIpc) is 3.18. The van der Waals surface area contributed by atoms with Crippen molar-refractivity contribution in [3.63, 3.8) is 0 Å². The Morgan fingerprint density at radius 1 is 0.464 bits per heavy atom. The molecule has 0 aromatic carbocycles. The first-order valence-corrected chi connectivity index (χ1v) is 11.2. The Kier molecular flexibility index (Phi) is 15.2. The van der Waals surface area contributed by atoms with Crippen molar-refractivity contribution in [2.75, 3.05) is 127 Å². The van der Waals surface area contributed by atoms with Gasteiger partial charge in [0, 0.05) is 65.4 Å². The van der Waals surface area contributed by atoms with Crippen LogP contribution in [0, 0.1) is 0 Å². The molecular formula is C21H48N6O. The predicted octanol–water partition coefficient (Wildman–Crippen LogP) is 0.0454. The van der Waals surface area contributed by atoms with Gasteiger partial charge >= 0.3 is 0 Å². The van der Waals surface area contributed by atoms with Gasteiger partial charge in [0.05, 0.1) is 13.2 Å². The first kappa shape index (κ1) is 25.8. The largest absolute Gasteiger partial charge is 0.379 e. The van der Waals surface area contributed by atoms with E-state index in [1.807, 2.05) is 0 Å². The highest BCUT2D eigenvalue weighted by atomic mass is 16.5. The molecule has 0 unspecified atom stereocenters. The van der Waals surface area contributed by atoms with E-state index in [2.05, 4.69) is 65.1 Å². The number of hydrogen-bond donors (Lipinski definition) is 1. The summed E-state index contributed by atoms with van der Waals surface area (Å²) in [6.45, 7) is 16.3. The van der Waals surface area contributed by atoms with Crippen LogP contribution >= 0.6 is 0 Å². The van der Waals surface area contributed by atoms with Crippen LogP contribution in [0.5, 0.6) is 0 Å². The van der Waals surface area contributed by atoms with Gasteiger partial charge in [0.15, 0.2) is 0 Å². The Labute approximate surface area is 174 Å². The minimum absolute atomic E-state index is 0.913. The summed E-state index contributed by atoms with van der Waals surface area (Å²) in [6.07, 6.45) is 2.83. The zero-order valence-corrected chi connectivity index (χ0v) is 19.5. The molecule has 168 valence electrons. The lowest BCUT2D eigenvalue weighted by Gasteiger charge is -2.28. The molecule has 4 saturated heterocycles. The molecule has 0 bridgehead atoms. The van der Waals surface area contributed by atoms with Crippen molar-refractivity contribution in [3.05, 3.63) is 0 Å². The van der Waals surface area contributed by atoms with Gasteiger partial charge in [0.25, 0.3) is 0 Å². The molecule has 4 fully saturated rings. The highest BCUT2D eigenvalue weighted by molar-refractivity contribution is 4.64. The Morgan fingerprint density at radius 3 is 1.07 bits per heavy atom. The highest BCUT2D eigenvalue weighted by Crippen LogP contribution is 2.02. The van der Waals surface area contributed by atoms with Crippen LogP contribution in [0.25, 0.3) is 0 Å². The molecule has 0 atom stereocenters. The van der Waals surface area contributed by atoms with Crippen molar-refractivity contribution in [1.29, 1.82) is 0 Å². The standard InChI is InChI=1S/C6H14N2.C5H12N2.C5H11NO.C5H11N/c1-7-3-5-8(2)6-4-7;1-7-4-2-6-3-5-7;1-6-2-4-7-5-3-6;1-6-4-2-3-5-6/h3-6H2,1-2H3;6H,2-5H2,1H3;2-5H2,1H3;2-5H2,1H3. The van der Waals surface area contributed by atoms with Crippen LogP contribution in [-0.2, 0) is 4.74 Å². The number of hydrogen-bond acceptors (Lipinski definition) is 7. The molecule has 0 radical (unpaired) electrons. The summed E-state index contributed by atoms with van der Waals surface area (Å²) >= 11 is 0. The number of morpholine rings is 1. The van der Waals surface area contributed by atoms with Crippen LogP contribution in [-0.4, -0.2) is 151 Å². The quantitative estimate of drug-likeness (QED) is 0.616. The maximum absolute atomic E-state index is 5.10. The van der Waals surface area contributed by atoms with E-state index >= 15 is 0 Å². The molecule has 4 aliphatic heterocycles. The van der Waals surface area contributed by atoms with Gasteiger partial charge in [0.1, 0.15) is 0 Å². The van der Waals surface area contributed by atoms with Crippen LogP contribution in [0.3, 0.4) is 0 Å². The summed E-state index contributed by atoms with van der Waals surface area (Å²) < 4.78 is 5.10. The third kappa shape index (κ3) is 14.7. The summed E-state index contributed by atoms with van der Waals surface area (Å²) in [4.78, 5) is 11.7. The van der Waals surface area contributed by atoms with Crippen LogP contribution in [0.15, 0.2) is 0 Å².